The molecule has 28 heavy (non-hydrogen) atoms. The van der Waals surface area contributed by atoms with Crippen molar-refractivity contribution < 1.29 is 0 Å². The van der Waals surface area contributed by atoms with E-state index in [-0.39, 0.29) is 0 Å². The van der Waals surface area contributed by atoms with Crippen molar-refractivity contribution in [3.8, 4) is 11.4 Å². The van der Waals surface area contributed by atoms with Gasteiger partial charge in [-0.3, -0.25) is 0 Å². The number of nitrogens with zero attached hydrogens (tertiary/aromatic N) is 2. The molecule has 0 aliphatic rings. The van der Waals surface area contributed by atoms with Gasteiger partial charge < -0.3 is 0 Å². The zero-order valence-corrected chi connectivity index (χ0v) is 18.8. The average molecular weight is 399 g/mol. The van der Waals surface area contributed by atoms with Crippen molar-refractivity contribution in [3.63, 3.8) is 0 Å². The van der Waals surface area contributed by atoms with E-state index in [1.165, 1.54) is 81.8 Å². The van der Waals surface area contributed by atoms with Gasteiger partial charge in [-0.2, -0.15) is 0 Å². The molecule has 0 N–H and O–H groups in total. The van der Waals surface area contributed by atoms with Gasteiger partial charge in [0.15, 0.2) is 5.82 Å². The Kier molecular flexibility index (Phi) is 11.3. The second-order valence-electron chi connectivity index (χ2n) is 7.95. The molecular formula is C25H38N2S. The molecule has 0 bridgehead atoms. The maximum absolute atomic E-state index is 4.70. The van der Waals surface area contributed by atoms with Crippen LogP contribution in [0.2, 0.25) is 0 Å². The molecule has 154 valence electrons. The molecule has 0 spiro atoms. The Morgan fingerprint density at radius 1 is 0.679 bits per heavy atom. The Bertz CT molecular complexity index is 667. The summed E-state index contributed by atoms with van der Waals surface area (Å²) in [4.78, 5) is 10.1. The molecule has 1 heterocycles. The Balaban J connectivity index is 1.78. The molecule has 0 unspecified atom stereocenters. The normalized spacial score (nSPS) is 11.1. The third kappa shape index (κ3) is 8.34. The second kappa shape index (κ2) is 13.8. The molecule has 0 radical (unpaired) electrons. The standard InChI is InChI=1S/C25H38N2S/c1-3-5-7-8-9-10-11-13-14-21-16-17-23(24(28)18-21)25-26-19-22(20-27-25)15-12-6-4-2/h16-20,28H,3-15H2,1-2H3. The van der Waals surface area contributed by atoms with Crippen molar-refractivity contribution in [2.24, 2.45) is 0 Å². The highest BCUT2D eigenvalue weighted by molar-refractivity contribution is 7.80. The number of unbranched alkanes of at least 4 members (excludes halogenated alkanes) is 9. The van der Waals surface area contributed by atoms with Crippen LogP contribution in [0, 0.1) is 0 Å². The predicted octanol–water partition coefficient (Wildman–Crippen LogP) is 7.85. The third-order valence-electron chi connectivity index (χ3n) is 5.40. The van der Waals surface area contributed by atoms with Gasteiger partial charge in [0.05, 0.1) is 0 Å². The first-order chi connectivity index (χ1) is 13.7. The van der Waals surface area contributed by atoms with Crippen molar-refractivity contribution >= 4 is 12.6 Å². The molecule has 0 aliphatic heterocycles. The molecule has 2 aromatic rings. The van der Waals surface area contributed by atoms with E-state index in [1.54, 1.807) is 0 Å². The van der Waals surface area contributed by atoms with Crippen LogP contribution in [0.5, 0.6) is 0 Å². The highest BCUT2D eigenvalue weighted by atomic mass is 32.1. The van der Waals surface area contributed by atoms with Gasteiger partial charge in [-0.25, -0.2) is 9.97 Å². The van der Waals surface area contributed by atoms with Crippen LogP contribution in [-0.4, -0.2) is 9.97 Å². The summed E-state index contributed by atoms with van der Waals surface area (Å²) < 4.78 is 0. The summed E-state index contributed by atoms with van der Waals surface area (Å²) in [6, 6.07) is 6.54. The Hall–Kier alpha value is -1.35. The van der Waals surface area contributed by atoms with E-state index in [1.807, 2.05) is 12.4 Å². The Morgan fingerprint density at radius 2 is 1.21 bits per heavy atom. The Morgan fingerprint density at radius 3 is 1.86 bits per heavy atom. The van der Waals surface area contributed by atoms with Gasteiger partial charge in [-0.1, -0.05) is 77.7 Å². The quantitative estimate of drug-likeness (QED) is 0.259. The van der Waals surface area contributed by atoms with Crippen molar-refractivity contribution in [1.29, 1.82) is 0 Å². The van der Waals surface area contributed by atoms with Gasteiger partial charge >= 0.3 is 0 Å². The van der Waals surface area contributed by atoms with Gasteiger partial charge in [0, 0.05) is 22.9 Å². The molecule has 0 aliphatic carbocycles. The van der Waals surface area contributed by atoms with Crippen LogP contribution in [0.3, 0.4) is 0 Å². The number of aromatic nitrogens is 2. The van der Waals surface area contributed by atoms with Gasteiger partial charge in [0.25, 0.3) is 0 Å². The van der Waals surface area contributed by atoms with Gasteiger partial charge in [-0.15, -0.1) is 12.6 Å². The number of hydrogen-bond acceptors (Lipinski definition) is 3. The summed E-state index contributed by atoms with van der Waals surface area (Å²) in [5.74, 6) is 0.780. The lowest BCUT2D eigenvalue weighted by atomic mass is 10.0. The summed E-state index contributed by atoms with van der Waals surface area (Å²) in [6.45, 7) is 4.50. The highest BCUT2D eigenvalue weighted by Crippen LogP contribution is 2.25. The third-order valence-corrected chi connectivity index (χ3v) is 5.77. The molecule has 0 fully saturated rings. The number of aryl methyl sites for hydroxylation is 2. The van der Waals surface area contributed by atoms with Gasteiger partial charge in [-0.05, 0) is 48.9 Å². The minimum atomic E-state index is 0.780. The van der Waals surface area contributed by atoms with Crippen LogP contribution < -0.4 is 0 Å². The minimum absolute atomic E-state index is 0.780. The van der Waals surface area contributed by atoms with E-state index >= 15 is 0 Å². The number of rotatable bonds is 14. The summed E-state index contributed by atoms with van der Waals surface area (Å²) in [6.07, 6.45) is 20.8. The molecule has 0 saturated carbocycles. The van der Waals surface area contributed by atoms with Crippen molar-refractivity contribution in [3.05, 3.63) is 41.7 Å². The SMILES string of the molecule is CCCCCCCCCCc1ccc(-c2ncc(CCCCC)cn2)c(S)c1. The molecule has 0 atom stereocenters. The molecule has 2 rings (SSSR count). The first-order valence-electron chi connectivity index (χ1n) is 11.4. The number of hydrogen-bond donors (Lipinski definition) is 1. The zero-order chi connectivity index (χ0) is 20.0. The van der Waals surface area contributed by atoms with Crippen LogP contribution in [0.15, 0.2) is 35.5 Å². The lowest BCUT2D eigenvalue weighted by Crippen LogP contribution is -1.95. The first kappa shape index (κ1) is 22.9. The van der Waals surface area contributed by atoms with Crippen molar-refractivity contribution in [2.45, 2.75) is 102 Å². The summed E-state index contributed by atoms with van der Waals surface area (Å²) in [7, 11) is 0. The number of benzene rings is 1. The fraction of sp³-hybridized carbons (Fsp3) is 0.600. The topological polar surface area (TPSA) is 25.8 Å². The summed E-state index contributed by atoms with van der Waals surface area (Å²) in [5, 5.41) is 0. The largest absolute Gasteiger partial charge is 0.236 e. The predicted molar refractivity (Wildman–Crippen MR) is 124 cm³/mol. The molecule has 3 heteroatoms. The second-order valence-corrected chi connectivity index (χ2v) is 8.43. The average Bonchev–Trinajstić information content (AvgIpc) is 2.71. The first-order valence-corrected chi connectivity index (χ1v) is 11.8. The van der Waals surface area contributed by atoms with Crippen LogP contribution >= 0.6 is 12.6 Å². The fourth-order valence-electron chi connectivity index (χ4n) is 3.59. The van der Waals surface area contributed by atoms with E-state index in [4.69, 9.17) is 12.6 Å². The zero-order valence-electron chi connectivity index (χ0n) is 17.9. The molecular weight excluding hydrogens is 360 g/mol. The van der Waals surface area contributed by atoms with Crippen LogP contribution in [0.4, 0.5) is 0 Å². The maximum Gasteiger partial charge on any atom is 0.160 e. The molecule has 0 saturated heterocycles. The summed E-state index contributed by atoms with van der Waals surface area (Å²) >= 11 is 4.70. The van der Waals surface area contributed by atoms with E-state index < -0.39 is 0 Å². The van der Waals surface area contributed by atoms with Crippen molar-refractivity contribution in [2.75, 3.05) is 0 Å². The maximum atomic E-state index is 4.70. The highest BCUT2D eigenvalue weighted by Gasteiger charge is 2.07. The molecule has 1 aromatic carbocycles. The Labute approximate surface area is 178 Å². The van der Waals surface area contributed by atoms with Crippen LogP contribution in [-0.2, 0) is 12.8 Å². The summed E-state index contributed by atoms with van der Waals surface area (Å²) in [5.41, 5.74) is 3.63. The van der Waals surface area contributed by atoms with Crippen LogP contribution in [0.25, 0.3) is 11.4 Å². The molecule has 2 nitrogen and oxygen atoms in total. The van der Waals surface area contributed by atoms with Gasteiger partial charge in [0.1, 0.15) is 0 Å². The molecule has 1 aromatic heterocycles. The van der Waals surface area contributed by atoms with E-state index in [2.05, 4.69) is 42.0 Å². The lowest BCUT2D eigenvalue weighted by molar-refractivity contribution is 0.575. The monoisotopic (exact) mass is 398 g/mol. The minimum Gasteiger partial charge on any atom is -0.236 e. The number of thiol groups is 1. The fourth-order valence-corrected chi connectivity index (χ4v) is 3.93. The van der Waals surface area contributed by atoms with Crippen LogP contribution in [0.1, 0.15) is 95.6 Å². The van der Waals surface area contributed by atoms with E-state index in [9.17, 15) is 0 Å². The smallest absolute Gasteiger partial charge is 0.160 e. The van der Waals surface area contributed by atoms with Gasteiger partial charge in [0.2, 0.25) is 0 Å². The van der Waals surface area contributed by atoms with E-state index in [0.717, 1.165) is 29.1 Å². The lowest BCUT2D eigenvalue weighted by Gasteiger charge is -2.08. The van der Waals surface area contributed by atoms with E-state index in [0.29, 0.717) is 0 Å². The molecule has 0 amide bonds. The van der Waals surface area contributed by atoms with Crippen molar-refractivity contribution in [1.82, 2.24) is 9.97 Å².